The Hall–Kier alpha value is -3.33. The SMILES string of the molecule is COc1cc([C@@H]2c3cc4c(cc3[C@H](O[C@@H]3O[C@@H]5CO[C@H](C)O[C@H]5[C@@H](O)[C@H]3O)[C@@H]3COC(=O)[C@H]23)OCO4)cc(OC)c1O. The Kier molecular flexibility index (Phi) is 6.83. The van der Waals surface area contributed by atoms with Gasteiger partial charge in [-0.05, 0) is 47.9 Å². The third kappa shape index (κ3) is 4.26. The van der Waals surface area contributed by atoms with Gasteiger partial charge in [-0.25, -0.2) is 0 Å². The molecule has 0 radical (unpaired) electrons. The van der Waals surface area contributed by atoms with Crippen molar-refractivity contribution in [2.75, 3.05) is 34.2 Å². The summed E-state index contributed by atoms with van der Waals surface area (Å²) in [5.41, 5.74) is 2.01. The standard InChI is InChI=1S/C29H32O13/c1-11-36-9-20-27(40-11)24(31)25(32)29(41-20)42-26-14-7-17-16(38-10-39-17)6-13(14)21(22-15(26)8-37-28(22)33)12-4-18(34-2)23(30)19(5-12)35-3/h4-7,11,15,20-22,24-27,29-32H,8-10H2,1-3H3/t11-,15+,20+,21+,22-,24-,25+,26-,27+,29-/m0/s1. The number of phenolic OH excluding ortho intramolecular Hbond substituents is 1. The van der Waals surface area contributed by atoms with Crippen molar-refractivity contribution in [3.8, 4) is 28.7 Å². The van der Waals surface area contributed by atoms with E-state index in [2.05, 4.69) is 0 Å². The Morgan fingerprint density at radius 1 is 0.881 bits per heavy atom. The second-order valence-electron chi connectivity index (χ2n) is 11.0. The average molecular weight is 589 g/mol. The molecule has 0 unspecified atom stereocenters. The van der Waals surface area contributed by atoms with Gasteiger partial charge in [0.15, 0.2) is 35.6 Å². The number of hydrogen-bond donors (Lipinski definition) is 3. The average Bonchev–Trinajstić information content (AvgIpc) is 3.61. The number of aliphatic hydroxyl groups is 2. The van der Waals surface area contributed by atoms with E-state index in [0.717, 1.165) is 0 Å². The van der Waals surface area contributed by atoms with E-state index >= 15 is 0 Å². The highest BCUT2D eigenvalue weighted by molar-refractivity contribution is 5.79. The van der Waals surface area contributed by atoms with E-state index < -0.39 is 66.8 Å². The molecule has 226 valence electrons. The van der Waals surface area contributed by atoms with Crippen molar-refractivity contribution in [1.82, 2.24) is 0 Å². The van der Waals surface area contributed by atoms with Gasteiger partial charge in [0.05, 0.1) is 39.5 Å². The van der Waals surface area contributed by atoms with Gasteiger partial charge in [-0.1, -0.05) is 0 Å². The molecule has 0 saturated carbocycles. The molecule has 42 heavy (non-hydrogen) atoms. The predicted molar refractivity (Wildman–Crippen MR) is 138 cm³/mol. The number of aliphatic hydroxyl groups excluding tert-OH is 2. The van der Waals surface area contributed by atoms with Crippen LogP contribution >= 0.6 is 0 Å². The van der Waals surface area contributed by atoms with E-state index in [-0.39, 0.29) is 37.3 Å². The van der Waals surface area contributed by atoms with Gasteiger partial charge in [0.2, 0.25) is 12.5 Å². The molecule has 3 N–H and O–H groups in total. The minimum Gasteiger partial charge on any atom is -0.502 e. The first-order chi connectivity index (χ1) is 20.3. The zero-order valence-corrected chi connectivity index (χ0v) is 23.1. The minimum atomic E-state index is -1.44. The largest absolute Gasteiger partial charge is 0.502 e. The van der Waals surface area contributed by atoms with Crippen LogP contribution in [-0.4, -0.2) is 92.5 Å². The number of benzene rings is 2. The highest BCUT2D eigenvalue weighted by atomic mass is 16.8. The quantitative estimate of drug-likeness (QED) is 0.430. The molecule has 5 aliphatic rings. The molecular formula is C29H32O13. The number of carbonyl (C=O) groups is 1. The van der Waals surface area contributed by atoms with Crippen molar-refractivity contribution in [3.05, 3.63) is 41.0 Å². The lowest BCUT2D eigenvalue weighted by Crippen LogP contribution is -2.63. The van der Waals surface area contributed by atoms with Crippen LogP contribution in [0, 0.1) is 11.8 Å². The fourth-order valence-electron chi connectivity index (χ4n) is 6.74. The summed E-state index contributed by atoms with van der Waals surface area (Å²) in [6.45, 7) is 1.93. The topological polar surface area (TPSA) is 161 Å². The smallest absolute Gasteiger partial charge is 0.310 e. The van der Waals surface area contributed by atoms with Crippen molar-refractivity contribution in [2.45, 2.75) is 55.9 Å². The number of rotatable bonds is 5. The monoisotopic (exact) mass is 588 g/mol. The zero-order valence-electron chi connectivity index (χ0n) is 23.1. The number of methoxy groups -OCH3 is 2. The van der Waals surface area contributed by atoms with Crippen LogP contribution in [0.2, 0.25) is 0 Å². The van der Waals surface area contributed by atoms with Crippen LogP contribution in [0.5, 0.6) is 28.7 Å². The van der Waals surface area contributed by atoms with Gasteiger partial charge < -0.3 is 58.0 Å². The number of carbonyl (C=O) groups excluding carboxylic acids is 1. The van der Waals surface area contributed by atoms with Crippen LogP contribution in [0.1, 0.15) is 35.6 Å². The molecule has 0 aromatic heterocycles. The Balaban J connectivity index is 1.32. The summed E-state index contributed by atoms with van der Waals surface area (Å²) in [6.07, 6.45) is -6.80. The summed E-state index contributed by atoms with van der Waals surface area (Å²) < 4.78 is 51.5. The van der Waals surface area contributed by atoms with Gasteiger partial charge in [-0.15, -0.1) is 0 Å². The molecule has 4 aliphatic heterocycles. The molecule has 4 heterocycles. The van der Waals surface area contributed by atoms with Crippen LogP contribution in [-0.2, 0) is 28.5 Å². The Morgan fingerprint density at radius 3 is 2.26 bits per heavy atom. The summed E-state index contributed by atoms with van der Waals surface area (Å²) in [5, 5.41) is 32.5. The number of cyclic esters (lactones) is 1. The second kappa shape index (κ2) is 10.4. The molecule has 2 aromatic rings. The molecule has 13 nitrogen and oxygen atoms in total. The van der Waals surface area contributed by atoms with Crippen molar-refractivity contribution in [1.29, 1.82) is 0 Å². The lowest BCUT2D eigenvalue weighted by molar-refractivity contribution is -0.364. The molecule has 0 amide bonds. The normalized spacial score (nSPS) is 36.5. The number of phenols is 1. The van der Waals surface area contributed by atoms with Crippen LogP contribution in [0.3, 0.4) is 0 Å². The van der Waals surface area contributed by atoms with Crippen molar-refractivity contribution in [2.24, 2.45) is 11.8 Å². The lowest BCUT2D eigenvalue weighted by atomic mass is 9.66. The fourth-order valence-corrected chi connectivity index (χ4v) is 6.74. The first-order valence-electron chi connectivity index (χ1n) is 13.8. The second-order valence-corrected chi connectivity index (χ2v) is 11.0. The van der Waals surface area contributed by atoms with E-state index in [1.807, 2.05) is 0 Å². The van der Waals surface area contributed by atoms with Gasteiger partial charge in [-0.3, -0.25) is 4.79 Å². The Labute approximate surface area is 240 Å². The van der Waals surface area contributed by atoms with Crippen LogP contribution < -0.4 is 18.9 Å². The van der Waals surface area contributed by atoms with E-state index in [1.165, 1.54) is 14.2 Å². The summed E-state index contributed by atoms with van der Waals surface area (Å²) in [5.74, 6) is -1.02. The van der Waals surface area contributed by atoms with Gasteiger partial charge in [-0.2, -0.15) is 0 Å². The maximum atomic E-state index is 13.4. The van der Waals surface area contributed by atoms with Crippen LogP contribution in [0.4, 0.5) is 0 Å². The van der Waals surface area contributed by atoms with Gasteiger partial charge in [0.25, 0.3) is 0 Å². The number of esters is 1. The molecule has 7 rings (SSSR count). The van der Waals surface area contributed by atoms with Gasteiger partial charge in [0, 0.05) is 11.8 Å². The highest BCUT2D eigenvalue weighted by Crippen LogP contribution is 2.57. The van der Waals surface area contributed by atoms with Crippen molar-refractivity contribution >= 4 is 5.97 Å². The van der Waals surface area contributed by atoms with Gasteiger partial charge >= 0.3 is 5.97 Å². The van der Waals surface area contributed by atoms with Crippen LogP contribution in [0.25, 0.3) is 0 Å². The molecule has 3 fully saturated rings. The van der Waals surface area contributed by atoms with Crippen LogP contribution in [0.15, 0.2) is 24.3 Å². The third-order valence-electron chi connectivity index (χ3n) is 8.75. The van der Waals surface area contributed by atoms with E-state index in [1.54, 1.807) is 31.2 Å². The fraction of sp³-hybridized carbons (Fsp3) is 0.552. The van der Waals surface area contributed by atoms with E-state index in [0.29, 0.717) is 28.2 Å². The van der Waals surface area contributed by atoms with Crippen molar-refractivity contribution < 1.29 is 62.7 Å². The van der Waals surface area contributed by atoms with E-state index in [4.69, 9.17) is 42.6 Å². The third-order valence-corrected chi connectivity index (χ3v) is 8.75. The highest BCUT2D eigenvalue weighted by Gasteiger charge is 2.56. The molecule has 1 aliphatic carbocycles. The first-order valence-corrected chi connectivity index (χ1v) is 13.8. The van der Waals surface area contributed by atoms with Gasteiger partial charge in [0.1, 0.15) is 24.4 Å². The molecule has 13 heteroatoms. The zero-order chi connectivity index (χ0) is 29.3. The predicted octanol–water partition coefficient (Wildman–Crippen LogP) is 1.34. The maximum Gasteiger partial charge on any atom is 0.310 e. The summed E-state index contributed by atoms with van der Waals surface area (Å²) in [6, 6.07) is 6.93. The lowest BCUT2D eigenvalue weighted by Gasteiger charge is -2.47. The molecule has 0 bridgehead atoms. The summed E-state index contributed by atoms with van der Waals surface area (Å²) >= 11 is 0. The number of fused-ring (bicyclic) bond motifs is 4. The molecule has 10 atom stereocenters. The Bertz CT molecular complexity index is 1350. The number of ether oxygens (including phenoxy) is 9. The maximum absolute atomic E-state index is 13.4. The van der Waals surface area contributed by atoms with E-state index in [9.17, 15) is 20.1 Å². The Morgan fingerprint density at radius 2 is 1.57 bits per heavy atom. The molecule has 3 saturated heterocycles. The molecular weight excluding hydrogens is 556 g/mol. The molecule has 0 spiro atoms. The number of aromatic hydroxyl groups is 1. The molecule has 2 aromatic carbocycles. The first kappa shape index (κ1) is 27.5. The number of hydrogen-bond acceptors (Lipinski definition) is 13. The minimum absolute atomic E-state index is 0.0301. The summed E-state index contributed by atoms with van der Waals surface area (Å²) in [7, 11) is 2.86. The van der Waals surface area contributed by atoms with Crippen molar-refractivity contribution in [3.63, 3.8) is 0 Å². The summed E-state index contributed by atoms with van der Waals surface area (Å²) in [4.78, 5) is 13.4.